The van der Waals surface area contributed by atoms with E-state index < -0.39 is 11.9 Å². The molecule has 0 radical (unpaired) electrons. The number of halogens is 1. The fraction of sp³-hybridized carbons (Fsp3) is 0.536. The van der Waals surface area contributed by atoms with Crippen LogP contribution < -0.4 is 9.47 Å². The standard InChI is InChI=1S/C28H34ClNO6/c1-27(2)11-17-24(19(31)13-27)23(15-9-16(29)26(36-6)21(10-15)35-5)25-18(30(17)8-7-22(33)34)12-28(3,4)14-20(25)32/h9-10,23H,7-8,11-14H2,1-6H3,(H,33,34). The second-order valence-corrected chi connectivity index (χ2v) is 12.0. The number of aliphatic carboxylic acids is 1. The van der Waals surface area contributed by atoms with Crippen molar-refractivity contribution in [2.45, 2.75) is 65.7 Å². The van der Waals surface area contributed by atoms with Crippen LogP contribution in [0, 0.1) is 10.8 Å². The summed E-state index contributed by atoms with van der Waals surface area (Å²) in [4.78, 5) is 41.1. The highest BCUT2D eigenvalue weighted by atomic mass is 35.5. The zero-order valence-electron chi connectivity index (χ0n) is 21.8. The quantitative estimate of drug-likeness (QED) is 0.533. The smallest absolute Gasteiger partial charge is 0.305 e. The van der Waals surface area contributed by atoms with Crippen molar-refractivity contribution in [2.75, 3.05) is 20.8 Å². The molecule has 1 aromatic rings. The van der Waals surface area contributed by atoms with Gasteiger partial charge >= 0.3 is 5.97 Å². The topological polar surface area (TPSA) is 93.1 Å². The normalized spacial score (nSPS) is 21.4. The van der Waals surface area contributed by atoms with Crippen LogP contribution in [0.15, 0.2) is 34.7 Å². The van der Waals surface area contributed by atoms with Gasteiger partial charge in [-0.05, 0) is 41.4 Å². The molecule has 0 saturated heterocycles. The zero-order valence-corrected chi connectivity index (χ0v) is 22.5. The van der Waals surface area contributed by atoms with Crippen molar-refractivity contribution in [1.82, 2.24) is 4.90 Å². The fourth-order valence-corrected chi connectivity index (χ4v) is 6.26. The number of rotatable bonds is 6. The maximum absolute atomic E-state index is 13.8. The minimum absolute atomic E-state index is 0.0262. The Kier molecular flexibility index (Phi) is 6.75. The number of allylic oxidation sites excluding steroid dienone is 4. The summed E-state index contributed by atoms with van der Waals surface area (Å²) in [5, 5.41) is 9.81. The summed E-state index contributed by atoms with van der Waals surface area (Å²) < 4.78 is 11.0. The highest BCUT2D eigenvalue weighted by molar-refractivity contribution is 6.32. The molecular weight excluding hydrogens is 482 g/mol. The molecule has 0 spiro atoms. The molecule has 0 amide bonds. The summed E-state index contributed by atoms with van der Waals surface area (Å²) in [6.45, 7) is 8.40. The SMILES string of the molecule is COc1cc(C2C3=C(CC(C)(C)CC3=O)N(CCC(=O)O)C3=C2C(=O)CC(C)(C)C3)cc(Cl)c1OC. The van der Waals surface area contributed by atoms with E-state index in [0.717, 1.165) is 11.4 Å². The maximum Gasteiger partial charge on any atom is 0.305 e. The van der Waals surface area contributed by atoms with E-state index in [1.807, 2.05) is 32.6 Å². The monoisotopic (exact) mass is 515 g/mol. The Morgan fingerprint density at radius 3 is 1.94 bits per heavy atom. The number of nitrogens with zero attached hydrogens (tertiary/aromatic N) is 1. The number of Topliss-reactive ketones (excluding diaryl/α,β-unsaturated/α-hetero) is 2. The molecule has 1 heterocycles. The van der Waals surface area contributed by atoms with Gasteiger partial charge in [-0.3, -0.25) is 14.4 Å². The molecule has 194 valence electrons. The number of ether oxygens (including phenoxy) is 2. The van der Waals surface area contributed by atoms with Gasteiger partial charge in [-0.1, -0.05) is 39.3 Å². The molecule has 7 nitrogen and oxygen atoms in total. The number of carbonyl (C=O) groups is 3. The van der Waals surface area contributed by atoms with Gasteiger partial charge in [0.2, 0.25) is 0 Å². The number of ketones is 2. The molecule has 0 bridgehead atoms. The average Bonchev–Trinajstić information content (AvgIpc) is 2.74. The fourth-order valence-electron chi connectivity index (χ4n) is 5.96. The summed E-state index contributed by atoms with van der Waals surface area (Å²) >= 11 is 6.58. The van der Waals surface area contributed by atoms with E-state index >= 15 is 0 Å². The minimum Gasteiger partial charge on any atom is -0.493 e. The van der Waals surface area contributed by atoms with Crippen molar-refractivity contribution in [3.8, 4) is 11.5 Å². The third kappa shape index (κ3) is 4.65. The van der Waals surface area contributed by atoms with Gasteiger partial charge in [0.15, 0.2) is 23.1 Å². The van der Waals surface area contributed by atoms with Gasteiger partial charge in [-0.25, -0.2) is 0 Å². The number of carbonyl (C=O) groups excluding carboxylic acids is 2. The van der Waals surface area contributed by atoms with E-state index in [0.29, 0.717) is 58.9 Å². The van der Waals surface area contributed by atoms with Crippen LogP contribution in [0.3, 0.4) is 0 Å². The number of carboxylic acids is 1. The van der Waals surface area contributed by atoms with Crippen molar-refractivity contribution in [3.63, 3.8) is 0 Å². The predicted molar refractivity (Wildman–Crippen MR) is 136 cm³/mol. The second kappa shape index (κ2) is 9.25. The molecule has 8 heteroatoms. The van der Waals surface area contributed by atoms with E-state index in [2.05, 4.69) is 0 Å². The first-order valence-corrected chi connectivity index (χ1v) is 12.6. The first kappa shape index (κ1) is 26.3. The summed E-state index contributed by atoms with van der Waals surface area (Å²) in [5.74, 6) is -0.762. The lowest BCUT2D eigenvalue weighted by molar-refractivity contribution is -0.137. The zero-order chi connectivity index (χ0) is 26.6. The number of hydrogen-bond donors (Lipinski definition) is 1. The highest BCUT2D eigenvalue weighted by Gasteiger charge is 2.49. The Bertz CT molecular complexity index is 1150. The lowest BCUT2D eigenvalue weighted by atomic mass is 9.63. The van der Waals surface area contributed by atoms with Crippen molar-refractivity contribution in [2.24, 2.45) is 10.8 Å². The number of hydrogen-bond acceptors (Lipinski definition) is 6. The molecule has 0 saturated carbocycles. The van der Waals surface area contributed by atoms with E-state index in [9.17, 15) is 19.5 Å². The third-order valence-electron chi connectivity index (χ3n) is 7.36. The number of carboxylic acid groups (broad SMARTS) is 1. The Hall–Kier alpha value is -2.80. The molecular formula is C28H34ClNO6. The predicted octanol–water partition coefficient (Wildman–Crippen LogP) is 5.52. The van der Waals surface area contributed by atoms with Crippen LogP contribution in [0.25, 0.3) is 0 Å². The van der Waals surface area contributed by atoms with Gasteiger partial charge in [-0.2, -0.15) is 0 Å². The van der Waals surface area contributed by atoms with Gasteiger partial charge in [0.05, 0.1) is 25.7 Å². The van der Waals surface area contributed by atoms with Crippen molar-refractivity contribution < 1.29 is 29.0 Å². The molecule has 3 aliphatic rings. The van der Waals surface area contributed by atoms with E-state index in [1.54, 1.807) is 12.1 Å². The lowest BCUT2D eigenvalue weighted by Crippen LogP contribution is -2.45. The van der Waals surface area contributed by atoms with Crippen molar-refractivity contribution in [3.05, 3.63) is 45.3 Å². The number of benzene rings is 1. The number of methoxy groups -OCH3 is 2. The van der Waals surface area contributed by atoms with E-state index in [1.165, 1.54) is 14.2 Å². The molecule has 1 aromatic carbocycles. The van der Waals surface area contributed by atoms with Gasteiger partial charge in [0.25, 0.3) is 0 Å². The first-order valence-electron chi connectivity index (χ1n) is 12.2. The van der Waals surface area contributed by atoms with E-state index in [4.69, 9.17) is 21.1 Å². The Balaban J connectivity index is 2.02. The van der Waals surface area contributed by atoms with Gasteiger partial charge < -0.3 is 19.5 Å². The Labute approximate surface area is 217 Å². The summed E-state index contributed by atoms with van der Waals surface area (Å²) in [6.07, 6.45) is 1.81. The molecule has 0 fully saturated rings. The Morgan fingerprint density at radius 2 is 1.50 bits per heavy atom. The molecule has 1 N–H and O–H groups in total. The van der Waals surface area contributed by atoms with Crippen molar-refractivity contribution >= 4 is 29.1 Å². The maximum atomic E-state index is 13.8. The van der Waals surface area contributed by atoms with Crippen LogP contribution in [0.1, 0.15) is 71.3 Å². The first-order chi connectivity index (χ1) is 16.8. The molecule has 4 rings (SSSR count). The third-order valence-corrected chi connectivity index (χ3v) is 7.64. The highest BCUT2D eigenvalue weighted by Crippen LogP contribution is 2.55. The molecule has 1 aliphatic heterocycles. The Morgan fingerprint density at radius 1 is 0.972 bits per heavy atom. The molecule has 2 aliphatic carbocycles. The van der Waals surface area contributed by atoms with Gasteiger partial charge in [0.1, 0.15) is 0 Å². The van der Waals surface area contributed by atoms with Crippen LogP contribution in [0.2, 0.25) is 5.02 Å². The van der Waals surface area contributed by atoms with Crippen LogP contribution in [0.4, 0.5) is 0 Å². The molecule has 0 unspecified atom stereocenters. The van der Waals surface area contributed by atoms with Gasteiger partial charge in [0, 0.05) is 47.8 Å². The molecule has 0 aromatic heterocycles. The second-order valence-electron chi connectivity index (χ2n) is 11.6. The summed E-state index contributed by atoms with van der Waals surface area (Å²) in [6, 6.07) is 3.54. The van der Waals surface area contributed by atoms with Crippen LogP contribution in [-0.4, -0.2) is 48.3 Å². The average molecular weight is 516 g/mol. The van der Waals surface area contributed by atoms with E-state index in [-0.39, 0.29) is 35.4 Å². The largest absolute Gasteiger partial charge is 0.493 e. The molecule has 0 atom stereocenters. The van der Waals surface area contributed by atoms with Crippen LogP contribution in [0.5, 0.6) is 11.5 Å². The van der Waals surface area contributed by atoms with Crippen LogP contribution >= 0.6 is 11.6 Å². The van der Waals surface area contributed by atoms with Crippen LogP contribution in [-0.2, 0) is 14.4 Å². The summed E-state index contributed by atoms with van der Waals surface area (Å²) in [5.41, 5.74) is 2.88. The summed E-state index contributed by atoms with van der Waals surface area (Å²) in [7, 11) is 3.02. The van der Waals surface area contributed by atoms with Gasteiger partial charge in [-0.15, -0.1) is 0 Å². The minimum atomic E-state index is -0.920. The lowest BCUT2D eigenvalue weighted by Gasteiger charge is -2.49. The van der Waals surface area contributed by atoms with Crippen molar-refractivity contribution in [1.29, 1.82) is 0 Å². The molecule has 36 heavy (non-hydrogen) atoms.